The average molecular weight is 315 g/mol. The van der Waals surface area contributed by atoms with E-state index in [9.17, 15) is 0 Å². The van der Waals surface area contributed by atoms with Crippen LogP contribution in [-0.4, -0.2) is 44.3 Å². The fourth-order valence-corrected chi connectivity index (χ4v) is 2.75. The second-order valence-electron chi connectivity index (χ2n) is 5.56. The Labute approximate surface area is 134 Å². The van der Waals surface area contributed by atoms with E-state index >= 15 is 0 Å². The summed E-state index contributed by atoms with van der Waals surface area (Å²) in [5.41, 5.74) is 6.01. The Morgan fingerprint density at radius 1 is 1.33 bits per heavy atom. The van der Waals surface area contributed by atoms with E-state index < -0.39 is 0 Å². The van der Waals surface area contributed by atoms with Crippen LogP contribution >= 0.6 is 12.4 Å². The molecule has 0 radical (unpaired) electrons. The first-order chi connectivity index (χ1) is 9.70. The van der Waals surface area contributed by atoms with Gasteiger partial charge in [-0.25, -0.2) is 0 Å². The third-order valence-corrected chi connectivity index (χ3v) is 4.02. The summed E-state index contributed by atoms with van der Waals surface area (Å²) in [5, 5.41) is 0. The highest BCUT2D eigenvalue weighted by atomic mass is 35.5. The number of nitrogens with two attached hydrogens (primary N) is 1. The van der Waals surface area contributed by atoms with Crippen LogP contribution in [0.4, 0.5) is 0 Å². The first kappa shape index (κ1) is 18.1. The summed E-state index contributed by atoms with van der Waals surface area (Å²) in [4.78, 5) is 2.45. The summed E-state index contributed by atoms with van der Waals surface area (Å²) in [7, 11) is 1.67. The van der Waals surface area contributed by atoms with Gasteiger partial charge in [0, 0.05) is 19.1 Å². The molecule has 2 rings (SSSR count). The molecule has 1 saturated heterocycles. The van der Waals surface area contributed by atoms with E-state index in [1.165, 1.54) is 12.8 Å². The van der Waals surface area contributed by atoms with Gasteiger partial charge < -0.3 is 15.2 Å². The fraction of sp³-hybridized carbons (Fsp3) is 0.625. The van der Waals surface area contributed by atoms with Crippen molar-refractivity contribution in [2.75, 3.05) is 33.4 Å². The zero-order valence-electron chi connectivity index (χ0n) is 13.0. The van der Waals surface area contributed by atoms with Gasteiger partial charge in [0.2, 0.25) is 0 Å². The lowest BCUT2D eigenvalue weighted by atomic mass is 9.92. The maximum atomic E-state index is 6.01. The molecular weight excluding hydrogens is 288 g/mol. The highest BCUT2D eigenvalue weighted by Crippen LogP contribution is 2.25. The Morgan fingerprint density at radius 3 is 2.71 bits per heavy atom. The van der Waals surface area contributed by atoms with Crippen LogP contribution in [0.2, 0.25) is 0 Å². The molecule has 120 valence electrons. The number of methoxy groups -OCH3 is 1. The van der Waals surface area contributed by atoms with E-state index in [0.29, 0.717) is 12.5 Å². The molecule has 0 spiro atoms. The highest BCUT2D eigenvalue weighted by molar-refractivity contribution is 5.85. The summed E-state index contributed by atoms with van der Waals surface area (Å²) in [6, 6.07) is 8.06. The number of benzene rings is 1. The Morgan fingerprint density at radius 2 is 2.05 bits per heavy atom. The predicted molar refractivity (Wildman–Crippen MR) is 88.6 cm³/mol. The van der Waals surface area contributed by atoms with E-state index in [1.54, 1.807) is 7.11 Å². The molecule has 0 aromatic heterocycles. The molecule has 1 fully saturated rings. The highest BCUT2D eigenvalue weighted by Gasteiger charge is 2.22. The number of hydrogen-bond acceptors (Lipinski definition) is 4. The van der Waals surface area contributed by atoms with Crippen LogP contribution in [0.1, 0.15) is 19.8 Å². The smallest absolute Gasteiger partial charge is 0.161 e. The number of rotatable bonds is 6. The lowest BCUT2D eigenvalue weighted by molar-refractivity contribution is 0.136. The Balaban J connectivity index is 0.00000220. The Kier molecular flexibility index (Phi) is 7.86. The van der Waals surface area contributed by atoms with Crippen LogP contribution in [0.15, 0.2) is 24.3 Å². The first-order valence-electron chi connectivity index (χ1n) is 7.44. The maximum Gasteiger partial charge on any atom is 0.161 e. The van der Waals surface area contributed by atoms with Gasteiger partial charge in [-0.1, -0.05) is 12.1 Å². The fourth-order valence-electron chi connectivity index (χ4n) is 2.75. The standard InChI is InChI=1S/C16H26N2O2.ClH/c1-13(17)14-6-5-9-18(12-14)10-11-20-16-8-4-3-7-15(16)19-2;/h3-4,7-8,13-14H,5-6,9-12,17H2,1-2H3;1H. The number of para-hydroxylation sites is 2. The van der Waals surface area contributed by atoms with Crippen molar-refractivity contribution in [2.45, 2.75) is 25.8 Å². The van der Waals surface area contributed by atoms with Crippen molar-refractivity contribution < 1.29 is 9.47 Å². The van der Waals surface area contributed by atoms with Crippen molar-refractivity contribution >= 4 is 12.4 Å². The molecule has 2 unspecified atom stereocenters. The Bertz CT molecular complexity index is 415. The minimum Gasteiger partial charge on any atom is -0.493 e. The van der Waals surface area contributed by atoms with Gasteiger partial charge >= 0.3 is 0 Å². The van der Waals surface area contributed by atoms with Gasteiger partial charge in [-0.2, -0.15) is 0 Å². The quantitative estimate of drug-likeness (QED) is 0.876. The van der Waals surface area contributed by atoms with Gasteiger partial charge in [-0.3, -0.25) is 4.90 Å². The summed E-state index contributed by atoms with van der Waals surface area (Å²) in [5.74, 6) is 2.23. The second kappa shape index (κ2) is 9.13. The first-order valence-corrected chi connectivity index (χ1v) is 7.44. The van der Waals surface area contributed by atoms with Crippen LogP contribution in [0, 0.1) is 5.92 Å². The van der Waals surface area contributed by atoms with E-state index in [-0.39, 0.29) is 18.4 Å². The van der Waals surface area contributed by atoms with Gasteiger partial charge in [-0.05, 0) is 44.4 Å². The molecule has 0 saturated carbocycles. The summed E-state index contributed by atoms with van der Waals surface area (Å²) < 4.78 is 11.1. The molecule has 5 heteroatoms. The molecule has 1 aromatic carbocycles. The molecule has 1 aliphatic rings. The van der Waals surface area contributed by atoms with E-state index in [0.717, 1.165) is 31.1 Å². The third-order valence-electron chi connectivity index (χ3n) is 4.02. The number of nitrogens with zero attached hydrogens (tertiary/aromatic N) is 1. The maximum absolute atomic E-state index is 6.01. The predicted octanol–water partition coefficient (Wildman–Crippen LogP) is 2.56. The van der Waals surface area contributed by atoms with E-state index in [4.69, 9.17) is 15.2 Å². The van der Waals surface area contributed by atoms with Gasteiger partial charge in [0.1, 0.15) is 6.61 Å². The number of likely N-dealkylation sites (tertiary alicyclic amines) is 1. The van der Waals surface area contributed by atoms with Crippen molar-refractivity contribution in [1.82, 2.24) is 4.90 Å². The van der Waals surface area contributed by atoms with Gasteiger partial charge in [0.05, 0.1) is 7.11 Å². The van der Waals surface area contributed by atoms with E-state index in [2.05, 4.69) is 11.8 Å². The SMILES string of the molecule is COc1ccccc1OCCN1CCCC(C(C)N)C1.Cl. The van der Waals surface area contributed by atoms with Crippen LogP contribution in [0.5, 0.6) is 11.5 Å². The molecule has 1 heterocycles. The zero-order valence-corrected chi connectivity index (χ0v) is 13.8. The number of hydrogen-bond donors (Lipinski definition) is 1. The van der Waals surface area contributed by atoms with Crippen molar-refractivity contribution in [3.8, 4) is 11.5 Å². The molecule has 1 aromatic rings. The normalized spacial score (nSPS) is 20.4. The van der Waals surface area contributed by atoms with Crippen molar-refractivity contribution in [3.05, 3.63) is 24.3 Å². The average Bonchev–Trinajstić information content (AvgIpc) is 2.48. The molecule has 2 N–H and O–H groups in total. The molecule has 1 aliphatic heterocycles. The second-order valence-corrected chi connectivity index (χ2v) is 5.56. The largest absolute Gasteiger partial charge is 0.493 e. The zero-order chi connectivity index (χ0) is 14.4. The third kappa shape index (κ3) is 5.38. The summed E-state index contributed by atoms with van der Waals surface area (Å²) in [6.07, 6.45) is 2.49. The summed E-state index contributed by atoms with van der Waals surface area (Å²) >= 11 is 0. The van der Waals surface area contributed by atoms with Gasteiger partial charge in [-0.15, -0.1) is 12.4 Å². The minimum atomic E-state index is 0. The van der Waals surface area contributed by atoms with Crippen LogP contribution in [0.3, 0.4) is 0 Å². The van der Waals surface area contributed by atoms with Gasteiger partial charge in [0.25, 0.3) is 0 Å². The number of ether oxygens (including phenoxy) is 2. The molecular formula is C16H27ClN2O2. The molecule has 4 nitrogen and oxygen atoms in total. The lowest BCUT2D eigenvalue weighted by Gasteiger charge is -2.34. The number of piperidine rings is 1. The summed E-state index contributed by atoms with van der Waals surface area (Å²) in [6.45, 7) is 5.98. The monoisotopic (exact) mass is 314 g/mol. The van der Waals surface area contributed by atoms with Crippen LogP contribution in [0.25, 0.3) is 0 Å². The van der Waals surface area contributed by atoms with Crippen LogP contribution < -0.4 is 15.2 Å². The van der Waals surface area contributed by atoms with Crippen LogP contribution in [-0.2, 0) is 0 Å². The molecule has 21 heavy (non-hydrogen) atoms. The molecule has 0 amide bonds. The molecule has 0 aliphatic carbocycles. The minimum absolute atomic E-state index is 0. The topological polar surface area (TPSA) is 47.7 Å². The molecule has 2 atom stereocenters. The Hall–Kier alpha value is -0.970. The van der Waals surface area contributed by atoms with Gasteiger partial charge in [0.15, 0.2) is 11.5 Å². The molecule has 0 bridgehead atoms. The number of halogens is 1. The van der Waals surface area contributed by atoms with Crippen molar-refractivity contribution in [1.29, 1.82) is 0 Å². The van der Waals surface area contributed by atoms with Crippen molar-refractivity contribution in [2.24, 2.45) is 11.7 Å². The lowest BCUT2D eigenvalue weighted by Crippen LogP contribution is -2.43. The van der Waals surface area contributed by atoms with E-state index in [1.807, 2.05) is 24.3 Å². The van der Waals surface area contributed by atoms with Crippen molar-refractivity contribution in [3.63, 3.8) is 0 Å².